The van der Waals surface area contributed by atoms with Crippen LogP contribution in [0.3, 0.4) is 0 Å². The number of nitrogens with two attached hydrogens (primary N) is 1. The molecule has 0 amide bonds. The molecule has 0 aliphatic heterocycles. The van der Waals surface area contributed by atoms with Gasteiger partial charge in [-0.1, -0.05) is 21.2 Å². The van der Waals surface area contributed by atoms with Crippen LogP contribution in [0.4, 0.5) is 5.69 Å². The molecule has 0 spiro atoms. The van der Waals surface area contributed by atoms with E-state index in [0.717, 1.165) is 10.2 Å². The van der Waals surface area contributed by atoms with Crippen molar-refractivity contribution in [2.24, 2.45) is 16.2 Å². The fraction of sp³-hybridized carbons (Fsp3) is 0. The highest BCUT2D eigenvalue weighted by Crippen LogP contribution is 2.16. The zero-order valence-corrected chi connectivity index (χ0v) is 6.75. The average molecular weight is 200 g/mol. The topological polar surface area (TPSA) is 50.7 Å². The quantitative estimate of drug-likeness (QED) is 0.422. The number of rotatable bonds is 1. The Kier molecular flexibility index (Phi) is 2.39. The van der Waals surface area contributed by atoms with Crippen molar-refractivity contribution < 1.29 is 0 Å². The molecule has 0 unspecified atom stereocenters. The summed E-state index contributed by atoms with van der Waals surface area (Å²) in [6, 6.07) is 7.40. The zero-order chi connectivity index (χ0) is 7.40. The lowest BCUT2D eigenvalue weighted by molar-refractivity contribution is 1.06. The van der Waals surface area contributed by atoms with E-state index in [1.54, 1.807) is 0 Å². The summed E-state index contributed by atoms with van der Waals surface area (Å²) in [4.78, 5) is 0. The van der Waals surface area contributed by atoms with Crippen LogP contribution in [0, 0.1) is 0 Å². The number of halogens is 1. The Balaban J connectivity index is 2.89. The van der Waals surface area contributed by atoms with Gasteiger partial charge in [0, 0.05) is 4.47 Å². The fourth-order valence-corrected chi connectivity index (χ4v) is 0.839. The molecule has 0 radical (unpaired) electrons. The van der Waals surface area contributed by atoms with Crippen LogP contribution < -0.4 is 5.84 Å². The standard InChI is InChI=1S/C6H6BrN3/c7-5-1-3-6(4-2-5)9-10-8/h1-4H,(H2,8,9). The maximum Gasteiger partial charge on any atom is 0.0874 e. The third kappa shape index (κ3) is 1.80. The van der Waals surface area contributed by atoms with E-state index in [1.807, 2.05) is 24.3 Å². The molecule has 10 heavy (non-hydrogen) atoms. The van der Waals surface area contributed by atoms with Gasteiger partial charge in [0.25, 0.3) is 0 Å². The molecular weight excluding hydrogens is 194 g/mol. The van der Waals surface area contributed by atoms with Crippen LogP contribution in [0.5, 0.6) is 0 Å². The highest BCUT2D eigenvalue weighted by Gasteiger charge is 1.86. The first-order valence-corrected chi connectivity index (χ1v) is 3.49. The van der Waals surface area contributed by atoms with Crippen LogP contribution in [0.2, 0.25) is 0 Å². The largest absolute Gasteiger partial charge is 0.305 e. The predicted molar refractivity (Wildman–Crippen MR) is 42.8 cm³/mol. The zero-order valence-electron chi connectivity index (χ0n) is 5.16. The SMILES string of the molecule is NN=Nc1ccc(Br)cc1. The van der Waals surface area contributed by atoms with Crippen LogP contribution in [-0.4, -0.2) is 0 Å². The number of hydrogen-bond donors (Lipinski definition) is 1. The third-order valence-electron chi connectivity index (χ3n) is 1.000. The van der Waals surface area contributed by atoms with Crippen molar-refractivity contribution in [2.45, 2.75) is 0 Å². The third-order valence-corrected chi connectivity index (χ3v) is 1.53. The van der Waals surface area contributed by atoms with E-state index in [0.29, 0.717) is 0 Å². The Bertz CT molecular complexity index is 229. The van der Waals surface area contributed by atoms with E-state index in [-0.39, 0.29) is 0 Å². The van der Waals surface area contributed by atoms with E-state index >= 15 is 0 Å². The molecule has 0 atom stereocenters. The lowest BCUT2D eigenvalue weighted by Gasteiger charge is -1.89. The molecule has 3 nitrogen and oxygen atoms in total. The molecule has 0 heterocycles. The first kappa shape index (κ1) is 7.21. The van der Waals surface area contributed by atoms with Crippen molar-refractivity contribution in [3.63, 3.8) is 0 Å². The molecule has 0 fully saturated rings. The van der Waals surface area contributed by atoms with Gasteiger partial charge in [-0.25, -0.2) is 0 Å². The molecule has 2 N–H and O–H groups in total. The second kappa shape index (κ2) is 3.31. The molecule has 0 aliphatic rings. The minimum atomic E-state index is 0.755. The van der Waals surface area contributed by atoms with E-state index in [9.17, 15) is 0 Å². The van der Waals surface area contributed by atoms with Crippen LogP contribution in [0.25, 0.3) is 0 Å². The molecule has 0 bridgehead atoms. The summed E-state index contributed by atoms with van der Waals surface area (Å²) < 4.78 is 1.02. The van der Waals surface area contributed by atoms with Gasteiger partial charge in [0.2, 0.25) is 0 Å². The van der Waals surface area contributed by atoms with Crippen molar-refractivity contribution in [3.05, 3.63) is 28.7 Å². The summed E-state index contributed by atoms with van der Waals surface area (Å²) in [6.07, 6.45) is 0. The van der Waals surface area contributed by atoms with Gasteiger partial charge in [-0.2, -0.15) is 0 Å². The second-order valence-corrected chi connectivity index (χ2v) is 2.61. The van der Waals surface area contributed by atoms with E-state index in [4.69, 9.17) is 5.84 Å². The lowest BCUT2D eigenvalue weighted by atomic mass is 10.3. The van der Waals surface area contributed by atoms with E-state index in [2.05, 4.69) is 26.3 Å². The normalized spacial score (nSPS) is 10.5. The Hall–Kier alpha value is -0.900. The molecule has 1 aromatic rings. The fourth-order valence-electron chi connectivity index (χ4n) is 0.574. The lowest BCUT2D eigenvalue weighted by Crippen LogP contribution is -1.73. The Morgan fingerprint density at radius 3 is 2.30 bits per heavy atom. The van der Waals surface area contributed by atoms with Crippen LogP contribution in [-0.2, 0) is 0 Å². The van der Waals surface area contributed by atoms with Crippen molar-refractivity contribution in [3.8, 4) is 0 Å². The van der Waals surface area contributed by atoms with Gasteiger partial charge in [-0.15, -0.1) is 5.11 Å². The first-order valence-electron chi connectivity index (χ1n) is 2.69. The summed E-state index contributed by atoms with van der Waals surface area (Å²) in [7, 11) is 0. The van der Waals surface area contributed by atoms with Gasteiger partial charge in [-0.05, 0) is 24.3 Å². The first-order chi connectivity index (χ1) is 4.83. The second-order valence-electron chi connectivity index (χ2n) is 1.69. The van der Waals surface area contributed by atoms with Gasteiger partial charge >= 0.3 is 0 Å². The maximum atomic E-state index is 4.85. The predicted octanol–water partition coefficient (Wildman–Crippen LogP) is 2.41. The van der Waals surface area contributed by atoms with Gasteiger partial charge < -0.3 is 5.84 Å². The van der Waals surface area contributed by atoms with Gasteiger partial charge in [0.05, 0.1) is 5.69 Å². The van der Waals surface area contributed by atoms with Crippen molar-refractivity contribution in [2.75, 3.05) is 0 Å². The summed E-state index contributed by atoms with van der Waals surface area (Å²) in [6.45, 7) is 0. The molecule has 0 saturated carbocycles. The number of hydrogen-bond acceptors (Lipinski definition) is 2. The Morgan fingerprint density at radius 2 is 1.80 bits per heavy atom. The van der Waals surface area contributed by atoms with Gasteiger partial charge in [0.15, 0.2) is 0 Å². The summed E-state index contributed by atoms with van der Waals surface area (Å²) in [5.41, 5.74) is 0.755. The van der Waals surface area contributed by atoms with Crippen LogP contribution >= 0.6 is 15.9 Å². The molecule has 1 aromatic carbocycles. The summed E-state index contributed by atoms with van der Waals surface area (Å²) in [5.74, 6) is 4.85. The van der Waals surface area contributed by atoms with Crippen LogP contribution in [0.1, 0.15) is 0 Å². The van der Waals surface area contributed by atoms with Crippen molar-refractivity contribution in [1.82, 2.24) is 0 Å². The number of nitrogens with zero attached hydrogens (tertiary/aromatic N) is 2. The maximum absolute atomic E-state index is 4.85. The van der Waals surface area contributed by atoms with Crippen molar-refractivity contribution >= 4 is 21.6 Å². The molecule has 0 aliphatic carbocycles. The Labute approximate surface area is 67.1 Å². The smallest absolute Gasteiger partial charge is 0.0874 e. The molecule has 0 saturated heterocycles. The van der Waals surface area contributed by atoms with Gasteiger partial charge in [0.1, 0.15) is 0 Å². The summed E-state index contributed by atoms with van der Waals surface area (Å²) >= 11 is 3.29. The highest BCUT2D eigenvalue weighted by atomic mass is 79.9. The highest BCUT2D eigenvalue weighted by molar-refractivity contribution is 9.10. The molecule has 0 aromatic heterocycles. The molecular formula is C6H6BrN3. The molecule has 1 rings (SSSR count). The average Bonchev–Trinajstić information content (AvgIpc) is 1.95. The minimum absolute atomic E-state index is 0.755. The van der Waals surface area contributed by atoms with E-state index in [1.165, 1.54) is 0 Å². The van der Waals surface area contributed by atoms with Crippen molar-refractivity contribution in [1.29, 1.82) is 0 Å². The summed E-state index contributed by atoms with van der Waals surface area (Å²) in [5, 5.41) is 6.78. The molecule has 52 valence electrons. The number of benzene rings is 1. The monoisotopic (exact) mass is 199 g/mol. The van der Waals surface area contributed by atoms with Gasteiger partial charge in [-0.3, -0.25) is 0 Å². The Morgan fingerprint density at radius 1 is 1.20 bits per heavy atom. The molecule has 4 heteroatoms. The minimum Gasteiger partial charge on any atom is -0.305 e. The van der Waals surface area contributed by atoms with E-state index < -0.39 is 0 Å². The van der Waals surface area contributed by atoms with Crippen LogP contribution in [0.15, 0.2) is 39.1 Å².